The van der Waals surface area contributed by atoms with Gasteiger partial charge in [-0.2, -0.15) is 0 Å². The first-order valence-corrected chi connectivity index (χ1v) is 10.9. The van der Waals surface area contributed by atoms with Crippen molar-refractivity contribution < 1.29 is 4.79 Å². The predicted octanol–water partition coefficient (Wildman–Crippen LogP) is 4.23. The second kappa shape index (κ2) is 8.61. The summed E-state index contributed by atoms with van der Waals surface area (Å²) in [5.41, 5.74) is 2.69. The van der Waals surface area contributed by atoms with Crippen molar-refractivity contribution in [3.05, 3.63) is 68.1 Å². The molecule has 0 amide bonds. The van der Waals surface area contributed by atoms with Gasteiger partial charge in [0, 0.05) is 34.7 Å². The summed E-state index contributed by atoms with van der Waals surface area (Å²) in [5, 5.41) is 0. The number of hydrogen-bond donors (Lipinski definition) is 1. The molecular formula is C22H24IN3O2. The van der Waals surface area contributed by atoms with Crippen LogP contribution in [0.4, 0.5) is 0 Å². The number of carbonyl (C=O) groups excluding carboxylic acids is 1. The molecule has 1 saturated heterocycles. The number of fused-ring (bicyclic) bond motifs is 1. The molecule has 0 radical (unpaired) electrons. The van der Waals surface area contributed by atoms with Crippen molar-refractivity contribution in [3.8, 4) is 0 Å². The number of ketones is 1. The van der Waals surface area contributed by atoms with E-state index in [0.29, 0.717) is 6.42 Å². The van der Waals surface area contributed by atoms with E-state index >= 15 is 0 Å². The zero-order chi connectivity index (χ0) is 19.5. The van der Waals surface area contributed by atoms with E-state index in [4.69, 9.17) is 0 Å². The molecule has 146 valence electrons. The van der Waals surface area contributed by atoms with Crippen LogP contribution in [-0.4, -0.2) is 39.9 Å². The number of rotatable bonds is 6. The minimum atomic E-state index is -0.0113. The van der Waals surface area contributed by atoms with E-state index in [9.17, 15) is 9.59 Å². The molecule has 2 aromatic carbocycles. The van der Waals surface area contributed by atoms with Crippen molar-refractivity contribution in [1.82, 2.24) is 14.5 Å². The monoisotopic (exact) mass is 489 g/mol. The Morgan fingerprint density at radius 2 is 1.79 bits per heavy atom. The number of likely N-dealkylation sites (tertiary alicyclic amines) is 1. The van der Waals surface area contributed by atoms with Crippen LogP contribution < -0.4 is 5.69 Å². The maximum absolute atomic E-state index is 12.4. The number of Topliss-reactive ketones (excluding diaryl/α,β-unsaturated/α-hetero) is 1. The van der Waals surface area contributed by atoms with Crippen LogP contribution in [0.15, 0.2) is 53.3 Å². The van der Waals surface area contributed by atoms with Gasteiger partial charge in [-0.05, 0) is 72.7 Å². The van der Waals surface area contributed by atoms with Gasteiger partial charge in [0.2, 0.25) is 0 Å². The molecule has 4 rings (SSSR count). The lowest BCUT2D eigenvalue weighted by Crippen LogP contribution is -2.37. The second-order valence-electron chi connectivity index (χ2n) is 7.42. The molecule has 1 aliphatic rings. The van der Waals surface area contributed by atoms with Crippen molar-refractivity contribution in [2.75, 3.05) is 19.6 Å². The van der Waals surface area contributed by atoms with Gasteiger partial charge in [0.1, 0.15) is 0 Å². The second-order valence-corrected chi connectivity index (χ2v) is 8.67. The summed E-state index contributed by atoms with van der Waals surface area (Å²) < 4.78 is 3.07. The molecule has 1 aliphatic heterocycles. The number of carbonyl (C=O) groups is 1. The summed E-state index contributed by atoms with van der Waals surface area (Å²) in [6.07, 6.45) is 3.39. The Hall–Kier alpha value is -1.93. The van der Waals surface area contributed by atoms with Gasteiger partial charge in [-0.1, -0.05) is 24.3 Å². The molecule has 0 saturated carbocycles. The number of hydrogen-bond acceptors (Lipinski definition) is 3. The standard InChI is InChI=1S/C22H24IN3O2/c23-17-9-7-16(8-10-17)21(27)6-3-13-25-14-11-18(12-15-25)26-20-5-2-1-4-19(20)24-22(26)28/h1-2,4-5,7-10,18H,3,6,11-15H2,(H,24,28). The molecule has 1 aromatic heterocycles. The first-order chi connectivity index (χ1) is 13.6. The van der Waals surface area contributed by atoms with Crippen LogP contribution in [0.25, 0.3) is 11.0 Å². The van der Waals surface area contributed by atoms with Crippen LogP contribution in [-0.2, 0) is 0 Å². The van der Waals surface area contributed by atoms with Crippen molar-refractivity contribution in [3.63, 3.8) is 0 Å². The van der Waals surface area contributed by atoms with Gasteiger partial charge in [0.25, 0.3) is 0 Å². The van der Waals surface area contributed by atoms with Gasteiger partial charge < -0.3 is 9.88 Å². The van der Waals surface area contributed by atoms with Crippen LogP contribution >= 0.6 is 22.6 Å². The van der Waals surface area contributed by atoms with Gasteiger partial charge in [-0.3, -0.25) is 9.36 Å². The highest BCUT2D eigenvalue weighted by Crippen LogP contribution is 2.25. The first-order valence-electron chi connectivity index (χ1n) is 9.82. The van der Waals surface area contributed by atoms with E-state index in [2.05, 4.69) is 32.5 Å². The van der Waals surface area contributed by atoms with Gasteiger partial charge in [0.05, 0.1) is 11.0 Å². The summed E-state index contributed by atoms with van der Waals surface area (Å²) in [5.74, 6) is 0.219. The van der Waals surface area contributed by atoms with E-state index in [1.807, 2.05) is 53.1 Å². The SMILES string of the molecule is O=C(CCCN1CCC(n2c(=O)[nH]c3ccccc32)CC1)c1ccc(I)cc1. The lowest BCUT2D eigenvalue weighted by atomic mass is 10.0. The molecular weight excluding hydrogens is 465 g/mol. The quantitative estimate of drug-likeness (QED) is 0.417. The lowest BCUT2D eigenvalue weighted by Gasteiger charge is -2.32. The first kappa shape index (κ1) is 19.4. The summed E-state index contributed by atoms with van der Waals surface area (Å²) >= 11 is 2.25. The Morgan fingerprint density at radius 1 is 1.07 bits per heavy atom. The number of aromatic nitrogens is 2. The Morgan fingerprint density at radius 3 is 2.54 bits per heavy atom. The van der Waals surface area contributed by atoms with Crippen LogP contribution in [0.3, 0.4) is 0 Å². The molecule has 3 aromatic rings. The van der Waals surface area contributed by atoms with Crippen LogP contribution in [0.5, 0.6) is 0 Å². The number of halogens is 1. The smallest absolute Gasteiger partial charge is 0.306 e. The molecule has 5 nitrogen and oxygen atoms in total. The van der Waals surface area contributed by atoms with E-state index in [1.54, 1.807) is 0 Å². The van der Waals surface area contributed by atoms with Gasteiger partial charge in [0.15, 0.2) is 5.78 Å². The summed E-state index contributed by atoms with van der Waals surface area (Å²) in [6, 6.07) is 15.9. The fourth-order valence-electron chi connectivity index (χ4n) is 4.08. The zero-order valence-corrected chi connectivity index (χ0v) is 17.9. The molecule has 28 heavy (non-hydrogen) atoms. The number of para-hydroxylation sites is 2. The maximum atomic E-state index is 12.4. The summed E-state index contributed by atoms with van der Waals surface area (Å²) in [6.45, 7) is 2.87. The third-order valence-electron chi connectivity index (χ3n) is 5.59. The molecule has 1 N–H and O–H groups in total. The number of aromatic amines is 1. The normalized spacial score (nSPS) is 15.9. The number of H-pyrrole nitrogens is 1. The van der Waals surface area contributed by atoms with E-state index in [1.165, 1.54) is 0 Å². The molecule has 6 heteroatoms. The minimum Gasteiger partial charge on any atom is -0.306 e. The Bertz CT molecular complexity index is 1010. The molecule has 0 spiro atoms. The lowest BCUT2D eigenvalue weighted by molar-refractivity contribution is 0.0970. The third kappa shape index (κ3) is 4.22. The average Bonchev–Trinajstić information content (AvgIpc) is 3.05. The van der Waals surface area contributed by atoms with Gasteiger partial charge in [-0.25, -0.2) is 4.79 Å². The Kier molecular flexibility index (Phi) is 5.96. The molecule has 0 aliphatic carbocycles. The number of piperidine rings is 1. The fourth-order valence-corrected chi connectivity index (χ4v) is 4.44. The number of nitrogens with zero attached hydrogens (tertiary/aromatic N) is 2. The highest BCUT2D eigenvalue weighted by Gasteiger charge is 2.23. The third-order valence-corrected chi connectivity index (χ3v) is 6.31. The van der Waals surface area contributed by atoms with Gasteiger partial charge >= 0.3 is 5.69 Å². The van der Waals surface area contributed by atoms with Gasteiger partial charge in [-0.15, -0.1) is 0 Å². The summed E-state index contributed by atoms with van der Waals surface area (Å²) in [7, 11) is 0. The van der Waals surface area contributed by atoms with E-state index in [-0.39, 0.29) is 17.5 Å². The van der Waals surface area contributed by atoms with Crippen molar-refractivity contribution in [2.24, 2.45) is 0 Å². The minimum absolute atomic E-state index is 0.0113. The molecule has 0 atom stereocenters. The number of imidazole rings is 1. The summed E-state index contributed by atoms with van der Waals surface area (Å²) in [4.78, 5) is 30.1. The largest absolute Gasteiger partial charge is 0.326 e. The Balaban J connectivity index is 1.28. The maximum Gasteiger partial charge on any atom is 0.326 e. The number of benzene rings is 2. The van der Waals surface area contributed by atoms with E-state index < -0.39 is 0 Å². The Labute approximate surface area is 177 Å². The fraction of sp³-hybridized carbons (Fsp3) is 0.364. The molecule has 0 unspecified atom stereocenters. The van der Waals surface area contributed by atoms with E-state index in [0.717, 1.165) is 59.1 Å². The number of nitrogens with one attached hydrogen (secondary N) is 1. The van der Waals surface area contributed by atoms with Crippen LogP contribution in [0.1, 0.15) is 42.1 Å². The molecule has 1 fully saturated rings. The van der Waals surface area contributed by atoms with Crippen molar-refractivity contribution in [2.45, 2.75) is 31.7 Å². The van der Waals surface area contributed by atoms with Crippen molar-refractivity contribution >= 4 is 39.4 Å². The highest BCUT2D eigenvalue weighted by atomic mass is 127. The predicted molar refractivity (Wildman–Crippen MR) is 120 cm³/mol. The van der Waals surface area contributed by atoms with Crippen LogP contribution in [0.2, 0.25) is 0 Å². The van der Waals surface area contributed by atoms with Crippen LogP contribution in [0, 0.1) is 3.57 Å². The van der Waals surface area contributed by atoms with Crippen molar-refractivity contribution in [1.29, 1.82) is 0 Å². The highest BCUT2D eigenvalue weighted by molar-refractivity contribution is 14.1. The average molecular weight is 489 g/mol. The molecule has 2 heterocycles. The topological polar surface area (TPSA) is 58.1 Å². The molecule has 0 bridgehead atoms. The zero-order valence-electron chi connectivity index (χ0n) is 15.7.